The van der Waals surface area contributed by atoms with Gasteiger partial charge in [0.15, 0.2) is 0 Å². The summed E-state index contributed by atoms with van der Waals surface area (Å²) in [6.07, 6.45) is 3.41. The molecule has 2 saturated heterocycles. The Kier molecular flexibility index (Phi) is 5.88. The lowest BCUT2D eigenvalue weighted by Gasteiger charge is -2.30. The molecule has 23 heavy (non-hydrogen) atoms. The van der Waals surface area contributed by atoms with E-state index in [-0.39, 0.29) is 6.03 Å². The zero-order chi connectivity index (χ0) is 15.9. The first-order valence-electron chi connectivity index (χ1n) is 8.72. The van der Waals surface area contributed by atoms with Crippen molar-refractivity contribution in [2.75, 3.05) is 51.3 Å². The van der Waals surface area contributed by atoms with E-state index in [0.717, 1.165) is 64.5 Å². The number of benzene rings is 1. The van der Waals surface area contributed by atoms with Gasteiger partial charge in [-0.2, -0.15) is 0 Å². The Morgan fingerprint density at radius 1 is 1.09 bits per heavy atom. The van der Waals surface area contributed by atoms with Gasteiger partial charge in [0.2, 0.25) is 0 Å². The van der Waals surface area contributed by atoms with Crippen molar-refractivity contribution in [2.24, 2.45) is 5.92 Å². The summed E-state index contributed by atoms with van der Waals surface area (Å²) in [5, 5.41) is 3.00. The molecule has 1 aromatic carbocycles. The van der Waals surface area contributed by atoms with Gasteiger partial charge in [0.05, 0.1) is 13.2 Å². The average molecular weight is 317 g/mol. The number of para-hydroxylation sites is 1. The van der Waals surface area contributed by atoms with E-state index in [9.17, 15) is 4.79 Å². The zero-order valence-electron chi connectivity index (χ0n) is 13.7. The SMILES string of the molecule is O=C(Nc1ccccc1)N1CCCC(CN2CCOCC2)CC1. The molecule has 0 saturated carbocycles. The number of amides is 2. The number of morpholine rings is 1. The van der Waals surface area contributed by atoms with Gasteiger partial charge >= 0.3 is 6.03 Å². The van der Waals surface area contributed by atoms with E-state index < -0.39 is 0 Å². The number of likely N-dealkylation sites (tertiary alicyclic amines) is 1. The third-order valence-corrected chi connectivity index (χ3v) is 4.78. The second kappa shape index (κ2) is 8.31. The Balaban J connectivity index is 1.46. The molecule has 0 bridgehead atoms. The summed E-state index contributed by atoms with van der Waals surface area (Å²) < 4.78 is 5.42. The van der Waals surface area contributed by atoms with Crippen molar-refractivity contribution in [1.82, 2.24) is 9.80 Å². The maximum atomic E-state index is 12.4. The Labute approximate surface area is 138 Å². The second-order valence-corrected chi connectivity index (χ2v) is 6.49. The quantitative estimate of drug-likeness (QED) is 0.932. The van der Waals surface area contributed by atoms with Crippen LogP contribution < -0.4 is 5.32 Å². The summed E-state index contributed by atoms with van der Waals surface area (Å²) in [5.41, 5.74) is 0.867. The van der Waals surface area contributed by atoms with Crippen LogP contribution in [0.25, 0.3) is 0 Å². The van der Waals surface area contributed by atoms with E-state index in [1.807, 2.05) is 35.2 Å². The maximum absolute atomic E-state index is 12.4. The predicted molar refractivity (Wildman–Crippen MR) is 91.6 cm³/mol. The minimum atomic E-state index is 0.0308. The van der Waals surface area contributed by atoms with Crippen molar-refractivity contribution in [1.29, 1.82) is 0 Å². The molecule has 2 fully saturated rings. The smallest absolute Gasteiger partial charge is 0.321 e. The molecule has 3 rings (SSSR count). The number of carbonyl (C=O) groups is 1. The molecule has 1 atom stereocenters. The Morgan fingerprint density at radius 2 is 1.87 bits per heavy atom. The van der Waals surface area contributed by atoms with Gasteiger partial charge in [0.25, 0.3) is 0 Å². The van der Waals surface area contributed by atoms with Crippen LogP contribution in [-0.4, -0.2) is 61.8 Å². The predicted octanol–water partition coefficient (Wildman–Crippen LogP) is 2.65. The zero-order valence-corrected chi connectivity index (χ0v) is 13.7. The fourth-order valence-electron chi connectivity index (χ4n) is 3.42. The van der Waals surface area contributed by atoms with E-state index in [4.69, 9.17) is 4.74 Å². The highest BCUT2D eigenvalue weighted by Gasteiger charge is 2.23. The lowest BCUT2D eigenvalue weighted by atomic mass is 10.00. The Bertz CT molecular complexity index is 488. The van der Waals surface area contributed by atoms with Gasteiger partial charge in [0, 0.05) is 38.4 Å². The lowest BCUT2D eigenvalue weighted by Crippen LogP contribution is -2.39. The fourth-order valence-corrected chi connectivity index (χ4v) is 3.42. The number of carbonyl (C=O) groups excluding carboxylic acids is 1. The van der Waals surface area contributed by atoms with Crippen LogP contribution in [0.5, 0.6) is 0 Å². The van der Waals surface area contributed by atoms with Crippen LogP contribution in [0.4, 0.5) is 10.5 Å². The summed E-state index contributed by atoms with van der Waals surface area (Å²) in [5.74, 6) is 0.697. The highest BCUT2D eigenvalue weighted by atomic mass is 16.5. The van der Waals surface area contributed by atoms with Crippen LogP contribution in [-0.2, 0) is 4.74 Å². The van der Waals surface area contributed by atoms with Crippen molar-refractivity contribution < 1.29 is 9.53 Å². The first-order chi connectivity index (χ1) is 11.3. The van der Waals surface area contributed by atoms with Gasteiger partial charge in [0.1, 0.15) is 0 Å². The van der Waals surface area contributed by atoms with Gasteiger partial charge < -0.3 is 15.0 Å². The van der Waals surface area contributed by atoms with E-state index in [0.29, 0.717) is 5.92 Å². The van der Waals surface area contributed by atoms with Crippen molar-refractivity contribution in [3.8, 4) is 0 Å². The number of hydrogen-bond acceptors (Lipinski definition) is 3. The molecular formula is C18H27N3O2. The van der Waals surface area contributed by atoms with E-state index in [2.05, 4.69) is 10.2 Å². The van der Waals surface area contributed by atoms with Crippen LogP contribution in [0.3, 0.4) is 0 Å². The molecule has 0 radical (unpaired) electrons. The van der Waals surface area contributed by atoms with Crippen LogP contribution in [0.15, 0.2) is 30.3 Å². The lowest BCUT2D eigenvalue weighted by molar-refractivity contribution is 0.0297. The third kappa shape index (κ3) is 4.94. The number of nitrogens with zero attached hydrogens (tertiary/aromatic N) is 2. The molecule has 0 aliphatic carbocycles. The molecule has 5 heteroatoms. The number of ether oxygens (including phenoxy) is 1. The highest BCUT2D eigenvalue weighted by molar-refractivity contribution is 5.89. The normalized spacial score (nSPS) is 23.3. The summed E-state index contributed by atoms with van der Waals surface area (Å²) in [6, 6.07) is 9.72. The minimum absolute atomic E-state index is 0.0308. The van der Waals surface area contributed by atoms with Crippen molar-refractivity contribution >= 4 is 11.7 Å². The molecule has 2 aliphatic heterocycles. The molecule has 2 aliphatic rings. The molecule has 5 nitrogen and oxygen atoms in total. The van der Waals surface area contributed by atoms with Crippen molar-refractivity contribution in [2.45, 2.75) is 19.3 Å². The summed E-state index contributed by atoms with van der Waals surface area (Å²) in [6.45, 7) is 6.68. The number of rotatable bonds is 3. The molecule has 0 spiro atoms. The van der Waals surface area contributed by atoms with Gasteiger partial charge in [-0.05, 0) is 37.3 Å². The number of hydrogen-bond donors (Lipinski definition) is 1. The van der Waals surface area contributed by atoms with Crippen LogP contribution in [0.1, 0.15) is 19.3 Å². The first-order valence-corrected chi connectivity index (χ1v) is 8.72. The molecular weight excluding hydrogens is 290 g/mol. The maximum Gasteiger partial charge on any atom is 0.321 e. The number of urea groups is 1. The second-order valence-electron chi connectivity index (χ2n) is 6.49. The summed E-state index contributed by atoms with van der Waals surface area (Å²) in [7, 11) is 0. The number of anilines is 1. The Hall–Kier alpha value is -1.59. The molecule has 126 valence electrons. The largest absolute Gasteiger partial charge is 0.379 e. The van der Waals surface area contributed by atoms with Gasteiger partial charge in [-0.25, -0.2) is 4.79 Å². The summed E-state index contributed by atoms with van der Waals surface area (Å²) >= 11 is 0. The minimum Gasteiger partial charge on any atom is -0.379 e. The van der Waals surface area contributed by atoms with E-state index in [1.165, 1.54) is 6.42 Å². The van der Waals surface area contributed by atoms with Gasteiger partial charge in [-0.15, -0.1) is 0 Å². The summed E-state index contributed by atoms with van der Waals surface area (Å²) in [4.78, 5) is 16.9. The van der Waals surface area contributed by atoms with Gasteiger partial charge in [-0.1, -0.05) is 18.2 Å². The van der Waals surface area contributed by atoms with Crippen molar-refractivity contribution in [3.05, 3.63) is 30.3 Å². The third-order valence-electron chi connectivity index (χ3n) is 4.78. The van der Waals surface area contributed by atoms with Crippen molar-refractivity contribution in [3.63, 3.8) is 0 Å². The molecule has 2 amide bonds. The monoisotopic (exact) mass is 317 g/mol. The van der Waals surface area contributed by atoms with E-state index >= 15 is 0 Å². The molecule has 0 aromatic heterocycles. The van der Waals surface area contributed by atoms with Gasteiger partial charge in [-0.3, -0.25) is 4.90 Å². The molecule has 1 unspecified atom stereocenters. The van der Waals surface area contributed by atoms with Crippen LogP contribution >= 0.6 is 0 Å². The first kappa shape index (κ1) is 16.3. The molecule has 2 heterocycles. The fraction of sp³-hybridized carbons (Fsp3) is 0.611. The number of nitrogens with one attached hydrogen (secondary N) is 1. The Morgan fingerprint density at radius 3 is 2.65 bits per heavy atom. The van der Waals surface area contributed by atoms with E-state index in [1.54, 1.807) is 0 Å². The standard InChI is InChI=1S/C18H27N3O2/c22-18(19-17-6-2-1-3-7-17)21-9-4-5-16(8-10-21)15-20-11-13-23-14-12-20/h1-3,6-7,16H,4-5,8-15H2,(H,19,22). The highest BCUT2D eigenvalue weighted by Crippen LogP contribution is 2.20. The average Bonchev–Trinajstić information content (AvgIpc) is 2.82. The molecule has 1 N–H and O–H groups in total. The van der Waals surface area contributed by atoms with Crippen LogP contribution in [0, 0.1) is 5.92 Å². The van der Waals surface area contributed by atoms with Crippen LogP contribution in [0.2, 0.25) is 0 Å². The molecule has 1 aromatic rings. The topological polar surface area (TPSA) is 44.8 Å².